The Morgan fingerprint density at radius 2 is 1.42 bits per heavy atom. The number of carbonyl (C=O) groups excluding carboxylic acids is 2. The van der Waals surface area contributed by atoms with Gasteiger partial charge in [0, 0.05) is 18.7 Å². The van der Waals surface area contributed by atoms with Gasteiger partial charge in [-0.2, -0.15) is 0 Å². The number of nitrogens with zero attached hydrogens (tertiary/aromatic N) is 1. The molecule has 0 aliphatic heterocycles. The van der Waals surface area contributed by atoms with Gasteiger partial charge in [0.1, 0.15) is 5.78 Å². The van der Waals surface area contributed by atoms with Gasteiger partial charge in [-0.1, -0.05) is 61.8 Å². The average molecular weight is 476 g/mol. The van der Waals surface area contributed by atoms with Crippen LogP contribution in [0.25, 0.3) is 0 Å². The minimum Gasteiger partial charge on any atom is -0.375 e. The number of amides is 1. The van der Waals surface area contributed by atoms with Crippen LogP contribution in [0.1, 0.15) is 109 Å². The van der Waals surface area contributed by atoms with Crippen LogP contribution in [0.3, 0.4) is 0 Å². The first-order valence-corrected chi connectivity index (χ1v) is 13.0. The Balaban J connectivity index is -0.000000537. The summed E-state index contributed by atoms with van der Waals surface area (Å²) in [6.45, 7) is 27.8. The topological polar surface area (TPSA) is 70.7 Å². The van der Waals surface area contributed by atoms with Crippen molar-refractivity contribution in [3.63, 3.8) is 0 Å². The second-order valence-corrected chi connectivity index (χ2v) is 9.54. The van der Waals surface area contributed by atoms with Crippen molar-refractivity contribution >= 4 is 11.7 Å². The Bertz CT molecular complexity index is 464. The molecule has 0 aliphatic carbocycles. The molecule has 0 aromatic heterocycles. The highest BCUT2D eigenvalue weighted by Crippen LogP contribution is 2.19. The van der Waals surface area contributed by atoms with E-state index in [0.29, 0.717) is 6.61 Å². The molecule has 0 bridgehead atoms. The number of hydrogen-bond acceptors (Lipinski definition) is 5. The molecule has 0 spiro atoms. The number of ether oxygens (including phenoxy) is 1. The van der Waals surface area contributed by atoms with Gasteiger partial charge in [-0.15, -0.1) is 0 Å². The molecule has 0 aliphatic rings. The van der Waals surface area contributed by atoms with Gasteiger partial charge in [0.15, 0.2) is 0 Å². The van der Waals surface area contributed by atoms with Crippen molar-refractivity contribution in [3.8, 4) is 0 Å². The number of likely N-dealkylation sites (N-methyl/N-ethyl adjacent to an activating group) is 1. The Kier molecular flexibility index (Phi) is 27.1. The highest BCUT2D eigenvalue weighted by molar-refractivity contribution is 5.87. The molecule has 0 aromatic carbocycles. The van der Waals surface area contributed by atoms with Gasteiger partial charge < -0.3 is 15.4 Å². The fourth-order valence-corrected chi connectivity index (χ4v) is 2.69. The minimum absolute atomic E-state index is 0.0393. The van der Waals surface area contributed by atoms with Crippen molar-refractivity contribution in [2.75, 3.05) is 33.8 Å². The standard InChI is InChI=1S/C20H41N3O3.C3H8.2C2H6/c1-15(2)17(18(25)22-14-16(3)24)23(9)12-10-20(6,7)26-13-11-19(4,5)21-8;1-3-2;2*1-2/h15,17,21H,10-14H2,1-9H3,(H,22,25);3H2,1-2H3;2*1-2H3. The van der Waals surface area contributed by atoms with Crippen molar-refractivity contribution in [1.29, 1.82) is 0 Å². The van der Waals surface area contributed by atoms with E-state index in [1.165, 1.54) is 13.3 Å². The van der Waals surface area contributed by atoms with Crippen LogP contribution in [0.2, 0.25) is 0 Å². The SMILES string of the molecule is CC.CC.CCC.CNC(C)(C)CCOC(C)(C)CCN(C)C(C(=O)NCC(C)=O)C(C)C. The summed E-state index contributed by atoms with van der Waals surface area (Å²) in [4.78, 5) is 25.6. The molecule has 0 rings (SSSR count). The lowest BCUT2D eigenvalue weighted by Gasteiger charge is -2.34. The van der Waals surface area contributed by atoms with Crippen LogP contribution in [0.4, 0.5) is 0 Å². The molecule has 6 heteroatoms. The zero-order chi connectivity index (χ0) is 27.3. The van der Waals surface area contributed by atoms with E-state index in [4.69, 9.17) is 4.74 Å². The minimum atomic E-state index is -0.256. The van der Waals surface area contributed by atoms with Crippen molar-refractivity contribution in [1.82, 2.24) is 15.5 Å². The molecule has 1 atom stereocenters. The Labute approximate surface area is 208 Å². The van der Waals surface area contributed by atoms with Crippen molar-refractivity contribution < 1.29 is 14.3 Å². The Morgan fingerprint density at radius 3 is 1.79 bits per heavy atom. The molecule has 0 heterocycles. The van der Waals surface area contributed by atoms with Crippen LogP contribution in [0, 0.1) is 5.92 Å². The van der Waals surface area contributed by atoms with Gasteiger partial charge in [-0.25, -0.2) is 0 Å². The molecule has 0 aromatic rings. The van der Waals surface area contributed by atoms with Crippen LogP contribution in [0.5, 0.6) is 0 Å². The van der Waals surface area contributed by atoms with E-state index in [1.54, 1.807) is 0 Å². The fraction of sp³-hybridized carbons (Fsp3) is 0.926. The quantitative estimate of drug-likeness (QED) is 0.358. The lowest BCUT2D eigenvalue weighted by atomic mass is 9.99. The summed E-state index contributed by atoms with van der Waals surface area (Å²) < 4.78 is 6.09. The van der Waals surface area contributed by atoms with Gasteiger partial charge in [0.2, 0.25) is 5.91 Å². The molecule has 33 heavy (non-hydrogen) atoms. The van der Waals surface area contributed by atoms with Gasteiger partial charge in [0.25, 0.3) is 0 Å². The molecule has 0 saturated carbocycles. The average Bonchev–Trinajstić information content (AvgIpc) is 2.74. The lowest BCUT2D eigenvalue weighted by molar-refractivity contribution is -0.130. The number of nitrogens with one attached hydrogen (secondary N) is 2. The third-order valence-electron chi connectivity index (χ3n) is 4.85. The second kappa shape index (κ2) is 22.8. The summed E-state index contributed by atoms with van der Waals surface area (Å²) in [5.74, 6) is 0.0298. The monoisotopic (exact) mass is 475 g/mol. The highest BCUT2D eigenvalue weighted by Gasteiger charge is 2.28. The number of hydrogen-bond donors (Lipinski definition) is 2. The van der Waals surface area contributed by atoms with Gasteiger partial charge in [-0.05, 0) is 67.5 Å². The molecule has 0 radical (unpaired) electrons. The van der Waals surface area contributed by atoms with E-state index in [9.17, 15) is 9.59 Å². The third kappa shape index (κ3) is 24.0. The highest BCUT2D eigenvalue weighted by atomic mass is 16.5. The van der Waals surface area contributed by atoms with Gasteiger partial charge in [0.05, 0.1) is 18.2 Å². The van der Waals surface area contributed by atoms with Crippen LogP contribution in [-0.4, -0.2) is 67.6 Å². The summed E-state index contributed by atoms with van der Waals surface area (Å²) in [5.41, 5.74) is -0.195. The molecule has 1 amide bonds. The molecule has 6 nitrogen and oxygen atoms in total. The van der Waals surface area contributed by atoms with Crippen molar-refractivity contribution in [2.45, 2.75) is 126 Å². The predicted molar refractivity (Wildman–Crippen MR) is 146 cm³/mol. The number of carbonyl (C=O) groups is 2. The van der Waals surface area contributed by atoms with E-state index in [2.05, 4.69) is 57.1 Å². The molecule has 202 valence electrons. The number of ketones is 1. The van der Waals surface area contributed by atoms with Crippen LogP contribution in [-0.2, 0) is 14.3 Å². The van der Waals surface area contributed by atoms with Gasteiger partial charge >= 0.3 is 0 Å². The largest absolute Gasteiger partial charge is 0.375 e. The van der Waals surface area contributed by atoms with Crippen molar-refractivity contribution in [3.05, 3.63) is 0 Å². The van der Waals surface area contributed by atoms with E-state index in [0.717, 1.165) is 19.4 Å². The van der Waals surface area contributed by atoms with Crippen LogP contribution in [0.15, 0.2) is 0 Å². The fourth-order valence-electron chi connectivity index (χ4n) is 2.69. The van der Waals surface area contributed by atoms with E-state index in [1.807, 2.05) is 55.6 Å². The zero-order valence-corrected chi connectivity index (χ0v) is 25.1. The maximum Gasteiger partial charge on any atom is 0.237 e. The van der Waals surface area contributed by atoms with Crippen LogP contribution >= 0.6 is 0 Å². The van der Waals surface area contributed by atoms with E-state index in [-0.39, 0.29) is 41.3 Å². The molecule has 0 fully saturated rings. The Morgan fingerprint density at radius 1 is 0.970 bits per heavy atom. The molecule has 1 unspecified atom stereocenters. The second-order valence-electron chi connectivity index (χ2n) is 9.54. The summed E-state index contributed by atoms with van der Waals surface area (Å²) in [5, 5.41) is 6.01. The number of rotatable bonds is 13. The zero-order valence-electron chi connectivity index (χ0n) is 25.1. The van der Waals surface area contributed by atoms with E-state index < -0.39 is 0 Å². The summed E-state index contributed by atoms with van der Waals surface area (Å²) in [7, 11) is 3.92. The normalized spacial score (nSPS) is 11.9. The first-order valence-electron chi connectivity index (χ1n) is 13.0. The molecular weight excluding hydrogens is 414 g/mol. The summed E-state index contributed by atoms with van der Waals surface area (Å²) >= 11 is 0. The first-order chi connectivity index (χ1) is 15.2. The van der Waals surface area contributed by atoms with E-state index >= 15 is 0 Å². The smallest absolute Gasteiger partial charge is 0.237 e. The maximum atomic E-state index is 12.4. The third-order valence-corrected chi connectivity index (χ3v) is 4.85. The lowest BCUT2D eigenvalue weighted by Crippen LogP contribution is -2.50. The maximum absolute atomic E-state index is 12.4. The van der Waals surface area contributed by atoms with Gasteiger partial charge in [-0.3, -0.25) is 14.5 Å². The van der Waals surface area contributed by atoms with Crippen LogP contribution < -0.4 is 10.6 Å². The first kappa shape index (κ1) is 39.2. The molecular formula is C27H61N3O3. The summed E-state index contributed by atoms with van der Waals surface area (Å²) in [6.07, 6.45) is 3.01. The Hall–Kier alpha value is -0.980. The number of Topliss-reactive ketones (excluding diaryl/α,β-unsaturated/α-hetero) is 1. The molecule has 2 N–H and O–H groups in total. The summed E-state index contributed by atoms with van der Waals surface area (Å²) in [6, 6.07) is -0.256. The molecule has 0 saturated heterocycles. The predicted octanol–water partition coefficient (Wildman–Crippen LogP) is 5.69. The van der Waals surface area contributed by atoms with Crippen molar-refractivity contribution in [2.24, 2.45) is 5.92 Å².